The Morgan fingerprint density at radius 3 is 2.96 bits per heavy atom. The standard InChI is InChI=1S/C16H18ClFN4O/c1-10-7-20-22(8-10)12-3-2-4-21(9-12)16(23)13-5-11(17)6-14(18)15(13)19/h5-8,12H,2-4,9,19H2,1H3/t12-/m0/s1. The van der Waals surface area contributed by atoms with Gasteiger partial charge in [0.05, 0.1) is 23.5 Å². The van der Waals surface area contributed by atoms with Crippen LogP contribution < -0.4 is 5.73 Å². The molecule has 1 fully saturated rings. The van der Waals surface area contributed by atoms with Crippen molar-refractivity contribution in [3.63, 3.8) is 0 Å². The fourth-order valence-corrected chi connectivity index (χ4v) is 3.12. The van der Waals surface area contributed by atoms with E-state index in [9.17, 15) is 9.18 Å². The van der Waals surface area contributed by atoms with Gasteiger partial charge >= 0.3 is 0 Å². The molecule has 1 amide bonds. The predicted octanol–water partition coefficient (Wildman–Crippen LogP) is 3.04. The van der Waals surface area contributed by atoms with Gasteiger partial charge in [-0.15, -0.1) is 0 Å². The molecule has 1 saturated heterocycles. The molecule has 1 aliphatic heterocycles. The molecule has 5 nitrogen and oxygen atoms in total. The number of nitrogens with two attached hydrogens (primary N) is 1. The maximum absolute atomic E-state index is 13.7. The largest absolute Gasteiger partial charge is 0.396 e. The Morgan fingerprint density at radius 2 is 2.26 bits per heavy atom. The number of benzene rings is 1. The third kappa shape index (κ3) is 3.17. The number of nitrogens with zero attached hydrogens (tertiary/aromatic N) is 3. The zero-order valence-electron chi connectivity index (χ0n) is 12.8. The van der Waals surface area contributed by atoms with Crippen LogP contribution in [0.15, 0.2) is 24.5 Å². The van der Waals surface area contributed by atoms with E-state index in [0.717, 1.165) is 24.5 Å². The first-order chi connectivity index (χ1) is 11.0. The normalized spacial score (nSPS) is 18.2. The van der Waals surface area contributed by atoms with Crippen molar-refractivity contribution < 1.29 is 9.18 Å². The Hall–Kier alpha value is -2.08. The van der Waals surface area contributed by atoms with Crippen LogP contribution in [0, 0.1) is 12.7 Å². The van der Waals surface area contributed by atoms with Crippen molar-refractivity contribution in [2.75, 3.05) is 18.8 Å². The summed E-state index contributed by atoms with van der Waals surface area (Å²) in [6, 6.07) is 2.65. The van der Waals surface area contributed by atoms with Crippen LogP contribution in [0.1, 0.15) is 34.8 Å². The minimum Gasteiger partial charge on any atom is -0.396 e. The zero-order valence-corrected chi connectivity index (χ0v) is 13.6. The van der Waals surface area contributed by atoms with E-state index < -0.39 is 5.82 Å². The van der Waals surface area contributed by atoms with Crippen LogP contribution in [0.25, 0.3) is 0 Å². The fourth-order valence-electron chi connectivity index (χ4n) is 2.92. The number of halogens is 2. The number of hydrogen-bond acceptors (Lipinski definition) is 3. The predicted molar refractivity (Wildman–Crippen MR) is 87.0 cm³/mol. The van der Waals surface area contributed by atoms with Gasteiger partial charge in [0.25, 0.3) is 5.91 Å². The van der Waals surface area contributed by atoms with Gasteiger partial charge in [-0.25, -0.2) is 4.39 Å². The second-order valence-corrected chi connectivity index (χ2v) is 6.33. The summed E-state index contributed by atoms with van der Waals surface area (Å²) in [7, 11) is 0. The molecule has 7 heteroatoms. The highest BCUT2D eigenvalue weighted by Gasteiger charge is 2.27. The van der Waals surface area contributed by atoms with Crippen molar-refractivity contribution >= 4 is 23.2 Å². The summed E-state index contributed by atoms with van der Waals surface area (Å²) in [6.45, 7) is 3.11. The molecule has 2 N–H and O–H groups in total. The Labute approximate surface area is 138 Å². The number of piperidine rings is 1. The lowest BCUT2D eigenvalue weighted by Gasteiger charge is -2.33. The van der Waals surface area contributed by atoms with Gasteiger partial charge in [0.2, 0.25) is 0 Å². The van der Waals surface area contributed by atoms with Crippen LogP contribution in [-0.2, 0) is 0 Å². The highest BCUT2D eigenvalue weighted by atomic mass is 35.5. The molecule has 1 aliphatic rings. The molecule has 1 aromatic heterocycles. The summed E-state index contributed by atoms with van der Waals surface area (Å²) in [6.07, 6.45) is 5.57. The van der Waals surface area contributed by atoms with E-state index in [-0.39, 0.29) is 28.2 Å². The third-order valence-electron chi connectivity index (χ3n) is 4.11. The van der Waals surface area contributed by atoms with Gasteiger partial charge in [0.15, 0.2) is 0 Å². The minimum atomic E-state index is -0.669. The van der Waals surface area contributed by atoms with Gasteiger partial charge < -0.3 is 10.6 Å². The monoisotopic (exact) mass is 336 g/mol. The summed E-state index contributed by atoms with van der Waals surface area (Å²) in [4.78, 5) is 14.4. The van der Waals surface area contributed by atoms with Crippen LogP contribution in [0.3, 0.4) is 0 Å². The lowest BCUT2D eigenvalue weighted by molar-refractivity contribution is 0.0673. The van der Waals surface area contributed by atoms with Gasteiger partial charge in [-0.1, -0.05) is 11.6 Å². The molecular weight excluding hydrogens is 319 g/mol. The molecule has 1 aromatic carbocycles. The molecule has 2 aromatic rings. The highest BCUT2D eigenvalue weighted by Crippen LogP contribution is 2.27. The lowest BCUT2D eigenvalue weighted by atomic mass is 10.0. The van der Waals surface area contributed by atoms with Crippen LogP contribution in [0.4, 0.5) is 10.1 Å². The lowest BCUT2D eigenvalue weighted by Crippen LogP contribution is -2.41. The molecule has 122 valence electrons. The second kappa shape index (κ2) is 6.20. The molecule has 0 spiro atoms. The third-order valence-corrected chi connectivity index (χ3v) is 4.33. The first-order valence-electron chi connectivity index (χ1n) is 7.50. The van der Waals surface area contributed by atoms with Crippen molar-refractivity contribution in [1.29, 1.82) is 0 Å². The first-order valence-corrected chi connectivity index (χ1v) is 7.88. The molecule has 0 saturated carbocycles. The maximum atomic E-state index is 13.7. The number of carbonyl (C=O) groups is 1. The Balaban J connectivity index is 1.82. The van der Waals surface area contributed by atoms with Gasteiger partial charge in [0.1, 0.15) is 5.82 Å². The summed E-state index contributed by atoms with van der Waals surface area (Å²) >= 11 is 5.85. The average Bonchev–Trinajstić information content (AvgIpc) is 2.97. The van der Waals surface area contributed by atoms with Crippen molar-refractivity contribution in [3.05, 3.63) is 46.5 Å². The van der Waals surface area contributed by atoms with E-state index in [2.05, 4.69) is 5.10 Å². The number of nitrogen functional groups attached to an aromatic ring is 1. The summed E-state index contributed by atoms with van der Waals surface area (Å²) < 4.78 is 15.6. The molecule has 0 radical (unpaired) electrons. The Kier molecular flexibility index (Phi) is 4.26. The van der Waals surface area contributed by atoms with E-state index in [0.29, 0.717) is 13.1 Å². The van der Waals surface area contributed by atoms with Crippen LogP contribution in [0.5, 0.6) is 0 Å². The van der Waals surface area contributed by atoms with E-state index in [4.69, 9.17) is 17.3 Å². The number of hydrogen-bond donors (Lipinski definition) is 1. The zero-order chi connectivity index (χ0) is 16.6. The number of anilines is 1. The van der Waals surface area contributed by atoms with Crippen molar-refractivity contribution in [2.45, 2.75) is 25.8 Å². The summed E-state index contributed by atoms with van der Waals surface area (Å²) in [5, 5.41) is 4.49. The van der Waals surface area contributed by atoms with Gasteiger partial charge in [-0.05, 0) is 37.5 Å². The molecule has 3 rings (SSSR count). The van der Waals surface area contributed by atoms with Crippen molar-refractivity contribution in [2.24, 2.45) is 0 Å². The van der Waals surface area contributed by atoms with Crippen LogP contribution in [-0.4, -0.2) is 33.7 Å². The molecule has 0 unspecified atom stereocenters. The van der Waals surface area contributed by atoms with Gasteiger partial charge in [0, 0.05) is 24.3 Å². The topological polar surface area (TPSA) is 64.2 Å². The van der Waals surface area contributed by atoms with E-state index in [1.54, 1.807) is 11.1 Å². The maximum Gasteiger partial charge on any atom is 0.256 e. The molecule has 0 aliphatic carbocycles. The quantitative estimate of drug-likeness (QED) is 0.857. The van der Waals surface area contributed by atoms with Crippen LogP contribution in [0.2, 0.25) is 5.02 Å². The average molecular weight is 337 g/mol. The summed E-state index contributed by atoms with van der Waals surface area (Å²) in [5.74, 6) is -0.963. The number of rotatable bonds is 2. The van der Waals surface area contributed by atoms with Gasteiger partial charge in [-0.2, -0.15) is 5.10 Å². The smallest absolute Gasteiger partial charge is 0.256 e. The second-order valence-electron chi connectivity index (χ2n) is 5.89. The minimum absolute atomic E-state index is 0.117. The summed E-state index contributed by atoms with van der Waals surface area (Å²) in [5.41, 5.74) is 6.75. The van der Waals surface area contributed by atoms with E-state index in [1.807, 2.05) is 17.8 Å². The fraction of sp³-hybridized carbons (Fsp3) is 0.375. The van der Waals surface area contributed by atoms with Crippen molar-refractivity contribution in [3.8, 4) is 0 Å². The SMILES string of the molecule is Cc1cnn([C@H]2CCCN(C(=O)c3cc(Cl)cc(F)c3N)C2)c1. The van der Waals surface area contributed by atoms with Crippen LogP contribution >= 0.6 is 11.6 Å². The molecule has 2 heterocycles. The molecule has 1 atom stereocenters. The number of aromatic nitrogens is 2. The Bertz CT molecular complexity index is 746. The van der Waals surface area contributed by atoms with E-state index >= 15 is 0 Å². The molecule has 0 bridgehead atoms. The molecule has 23 heavy (non-hydrogen) atoms. The molecular formula is C16H18ClFN4O. The first kappa shape index (κ1) is 15.8. The Morgan fingerprint density at radius 1 is 1.48 bits per heavy atom. The number of carbonyl (C=O) groups excluding carboxylic acids is 1. The number of likely N-dealkylation sites (tertiary alicyclic amines) is 1. The highest BCUT2D eigenvalue weighted by molar-refractivity contribution is 6.31. The van der Waals surface area contributed by atoms with E-state index in [1.165, 1.54) is 6.07 Å². The van der Waals surface area contributed by atoms with Crippen molar-refractivity contribution in [1.82, 2.24) is 14.7 Å². The van der Waals surface area contributed by atoms with Gasteiger partial charge in [-0.3, -0.25) is 9.48 Å². The number of aryl methyl sites for hydroxylation is 1. The number of amides is 1.